The van der Waals surface area contributed by atoms with Gasteiger partial charge in [-0.25, -0.2) is 0 Å². The lowest BCUT2D eigenvalue weighted by Crippen LogP contribution is -2.58. The van der Waals surface area contributed by atoms with Crippen LogP contribution in [0.4, 0.5) is 0 Å². The van der Waals surface area contributed by atoms with Crippen molar-refractivity contribution in [2.45, 2.75) is 77.0 Å². The average molecular weight is 754 g/mol. The summed E-state index contributed by atoms with van der Waals surface area (Å²) in [4.78, 5) is 70.7. The van der Waals surface area contributed by atoms with Gasteiger partial charge in [0, 0.05) is 32.6 Å². The minimum Gasteiger partial charge on any atom is -0.497 e. The zero-order valence-electron chi connectivity index (χ0n) is 32.1. The number of amides is 5. The zero-order chi connectivity index (χ0) is 39.6. The van der Waals surface area contributed by atoms with Crippen LogP contribution in [0.15, 0.2) is 60.8 Å². The number of hydrogen-bond acceptors (Lipinski definition) is 8. The number of rotatable bonds is 9. The van der Waals surface area contributed by atoms with E-state index in [9.17, 15) is 29.2 Å². The quantitative estimate of drug-likeness (QED) is 0.241. The van der Waals surface area contributed by atoms with Crippen molar-refractivity contribution >= 4 is 29.5 Å². The number of hydrogen-bond donors (Lipinski definition) is 4. The summed E-state index contributed by atoms with van der Waals surface area (Å²) >= 11 is 0. The molecule has 4 N–H and O–H groups in total. The van der Waals surface area contributed by atoms with Gasteiger partial charge in [-0.3, -0.25) is 24.0 Å². The Balaban J connectivity index is 1.49. The topological polar surface area (TPSA) is 184 Å². The number of methoxy groups -OCH3 is 1. The predicted octanol–water partition coefficient (Wildman–Crippen LogP) is 2.64. The van der Waals surface area contributed by atoms with Gasteiger partial charge in [0.25, 0.3) is 5.91 Å². The van der Waals surface area contributed by atoms with Gasteiger partial charge < -0.3 is 40.2 Å². The van der Waals surface area contributed by atoms with Crippen molar-refractivity contribution in [1.82, 2.24) is 30.7 Å². The fourth-order valence-corrected chi connectivity index (χ4v) is 6.60. The van der Waals surface area contributed by atoms with E-state index in [4.69, 9.17) is 9.47 Å². The molecule has 55 heavy (non-hydrogen) atoms. The summed E-state index contributed by atoms with van der Waals surface area (Å²) in [5.41, 5.74) is 1.87. The third-order valence-corrected chi connectivity index (χ3v) is 9.71. The SMILES string of the molecule is COc1ccc(C[C@@H]2NC(=O)[C@@H](NC(=O)c3cc(C#N)cn3C)Cc3ccc(cc3)OC[C@H](CC(C)C)NC(=O)CN(CC3CC3)C(=O)[C@@H](C)NC2=O)cc1. The van der Waals surface area contributed by atoms with Crippen LogP contribution in [0.5, 0.6) is 11.5 Å². The molecule has 3 aromatic rings. The zero-order valence-corrected chi connectivity index (χ0v) is 32.1. The Morgan fingerprint density at radius 2 is 1.73 bits per heavy atom. The number of ether oxygens (including phenoxy) is 2. The number of nitrogens with zero attached hydrogens (tertiary/aromatic N) is 3. The molecule has 292 valence electrons. The second-order valence-corrected chi connectivity index (χ2v) is 14.9. The molecule has 5 amide bonds. The summed E-state index contributed by atoms with van der Waals surface area (Å²) in [6, 6.07) is 13.9. The van der Waals surface area contributed by atoms with Gasteiger partial charge in [0.15, 0.2) is 0 Å². The van der Waals surface area contributed by atoms with Gasteiger partial charge in [-0.05, 0) is 79.5 Å². The first-order valence-corrected chi connectivity index (χ1v) is 18.7. The average Bonchev–Trinajstić information content (AvgIpc) is 3.90. The minimum absolute atomic E-state index is 0.0569. The Kier molecular flexibility index (Phi) is 13.5. The van der Waals surface area contributed by atoms with E-state index < -0.39 is 41.8 Å². The van der Waals surface area contributed by atoms with E-state index in [0.29, 0.717) is 35.6 Å². The van der Waals surface area contributed by atoms with Crippen LogP contribution in [-0.4, -0.2) is 90.0 Å². The Hall–Kier alpha value is -5.84. The van der Waals surface area contributed by atoms with Crippen molar-refractivity contribution in [2.75, 3.05) is 26.8 Å². The first-order valence-electron chi connectivity index (χ1n) is 18.7. The normalized spacial score (nSPS) is 21.5. The van der Waals surface area contributed by atoms with Crippen LogP contribution in [0.3, 0.4) is 0 Å². The summed E-state index contributed by atoms with van der Waals surface area (Å²) in [6.07, 6.45) is 4.18. The van der Waals surface area contributed by atoms with Crippen molar-refractivity contribution in [3.63, 3.8) is 0 Å². The van der Waals surface area contributed by atoms with E-state index in [0.717, 1.165) is 12.8 Å². The summed E-state index contributed by atoms with van der Waals surface area (Å²) in [5, 5.41) is 20.9. The maximum Gasteiger partial charge on any atom is 0.268 e. The van der Waals surface area contributed by atoms with Gasteiger partial charge in [0.1, 0.15) is 48.0 Å². The number of nitrogens with one attached hydrogen (secondary N) is 4. The molecule has 1 aromatic heterocycles. The van der Waals surface area contributed by atoms with Gasteiger partial charge in [0.2, 0.25) is 23.6 Å². The largest absolute Gasteiger partial charge is 0.497 e. The van der Waals surface area contributed by atoms with E-state index >= 15 is 0 Å². The Morgan fingerprint density at radius 1 is 1.02 bits per heavy atom. The number of aryl methyl sites for hydroxylation is 1. The molecule has 2 aliphatic heterocycles. The molecule has 14 heteroatoms. The van der Waals surface area contributed by atoms with Gasteiger partial charge >= 0.3 is 0 Å². The standard InChI is InChI=1S/C41H51N7O7/c1-25(2)16-31-24-55-33-14-10-28(11-15-33)18-35(46-40(52)36-19-30(20-42)21-47(36)4)39(51)45-34(17-27-8-12-32(54-5)13-9-27)38(50)43-26(3)41(53)48(22-29-6-7-29)23-37(49)44-31/h8-15,19,21,25-26,29,31,34-35H,6-7,16-18,22-24H2,1-5H3,(H,43,50)(H,44,49)(H,45,51)(H,46,52)/t26-,31+,34+,35+/m1/s1. The van der Waals surface area contributed by atoms with Crippen molar-refractivity contribution < 1.29 is 33.4 Å². The molecule has 2 aromatic carbocycles. The third-order valence-electron chi connectivity index (χ3n) is 9.71. The number of aromatic nitrogens is 1. The fourth-order valence-electron chi connectivity index (χ4n) is 6.60. The highest BCUT2D eigenvalue weighted by Crippen LogP contribution is 2.30. The van der Waals surface area contributed by atoms with E-state index in [2.05, 4.69) is 35.1 Å². The molecule has 6 rings (SSSR count). The second kappa shape index (κ2) is 18.5. The van der Waals surface area contributed by atoms with E-state index in [1.54, 1.807) is 69.6 Å². The number of nitriles is 1. The highest BCUT2D eigenvalue weighted by molar-refractivity contribution is 5.98. The molecular weight excluding hydrogens is 702 g/mol. The highest BCUT2D eigenvalue weighted by atomic mass is 16.5. The monoisotopic (exact) mass is 753 g/mol. The van der Waals surface area contributed by atoms with Crippen molar-refractivity contribution in [3.05, 3.63) is 83.2 Å². The fraction of sp³-hybridized carbons (Fsp3) is 0.463. The van der Waals surface area contributed by atoms with Crippen LogP contribution < -0.4 is 30.7 Å². The van der Waals surface area contributed by atoms with Crippen LogP contribution in [0.1, 0.15) is 67.2 Å². The lowest BCUT2D eigenvalue weighted by molar-refractivity contribution is -0.140. The molecule has 2 bridgehead atoms. The first-order chi connectivity index (χ1) is 26.3. The molecule has 14 nitrogen and oxygen atoms in total. The Labute approximate surface area is 321 Å². The van der Waals surface area contributed by atoms with Crippen molar-refractivity contribution in [3.8, 4) is 17.6 Å². The van der Waals surface area contributed by atoms with Crippen LogP contribution in [0.2, 0.25) is 0 Å². The Bertz CT molecular complexity index is 1880. The maximum atomic E-state index is 14.2. The van der Waals surface area contributed by atoms with Crippen LogP contribution in [-0.2, 0) is 39.1 Å². The third kappa shape index (κ3) is 11.6. The molecule has 0 spiro atoms. The lowest BCUT2D eigenvalue weighted by Gasteiger charge is -2.29. The number of carbonyl (C=O) groups excluding carboxylic acids is 5. The first kappa shape index (κ1) is 40.3. The molecular formula is C41H51N7O7. The Morgan fingerprint density at radius 3 is 2.35 bits per heavy atom. The number of benzene rings is 2. The summed E-state index contributed by atoms with van der Waals surface area (Å²) in [6.45, 7) is 6.08. The van der Waals surface area contributed by atoms with Crippen LogP contribution in [0.25, 0.3) is 0 Å². The summed E-state index contributed by atoms with van der Waals surface area (Å²) < 4.78 is 12.9. The second-order valence-electron chi connectivity index (χ2n) is 14.9. The van der Waals surface area contributed by atoms with Gasteiger partial charge in [-0.2, -0.15) is 5.26 Å². The minimum atomic E-state index is -1.16. The molecule has 0 saturated heterocycles. The van der Waals surface area contributed by atoms with Gasteiger partial charge in [-0.1, -0.05) is 38.1 Å². The van der Waals surface area contributed by atoms with Gasteiger partial charge in [-0.15, -0.1) is 0 Å². The molecule has 0 unspecified atom stereocenters. The molecule has 1 fully saturated rings. The molecule has 3 aliphatic rings. The molecule has 3 heterocycles. The van der Waals surface area contributed by atoms with Crippen molar-refractivity contribution in [1.29, 1.82) is 5.26 Å². The lowest BCUT2D eigenvalue weighted by atomic mass is 10.0. The van der Waals surface area contributed by atoms with E-state index in [1.807, 2.05) is 6.07 Å². The highest BCUT2D eigenvalue weighted by Gasteiger charge is 2.34. The van der Waals surface area contributed by atoms with Crippen LogP contribution >= 0.6 is 0 Å². The molecule has 1 saturated carbocycles. The van der Waals surface area contributed by atoms with E-state index in [-0.39, 0.29) is 61.0 Å². The number of carbonyl (C=O) groups is 5. The maximum absolute atomic E-state index is 14.2. The molecule has 0 radical (unpaired) electrons. The van der Waals surface area contributed by atoms with Gasteiger partial charge in [0.05, 0.1) is 25.3 Å². The predicted molar refractivity (Wildman–Crippen MR) is 204 cm³/mol. The summed E-state index contributed by atoms with van der Waals surface area (Å²) in [7, 11) is 3.17. The van der Waals surface area contributed by atoms with Crippen LogP contribution in [0, 0.1) is 23.2 Å². The van der Waals surface area contributed by atoms with Crippen molar-refractivity contribution in [2.24, 2.45) is 18.9 Å². The van der Waals surface area contributed by atoms with E-state index in [1.165, 1.54) is 21.7 Å². The molecule has 4 atom stereocenters. The summed E-state index contributed by atoms with van der Waals surface area (Å²) in [5.74, 6) is -0.857. The number of fused-ring (bicyclic) bond motifs is 17. The smallest absolute Gasteiger partial charge is 0.268 e. The molecule has 1 aliphatic carbocycles.